The van der Waals surface area contributed by atoms with Crippen molar-refractivity contribution in [3.63, 3.8) is 0 Å². The Labute approximate surface area is 153 Å². The second-order valence-electron chi connectivity index (χ2n) is 6.32. The normalized spacial score (nSPS) is 14.2. The molecule has 0 saturated carbocycles. The molecule has 2 unspecified atom stereocenters. The van der Waals surface area contributed by atoms with Gasteiger partial charge in [0.25, 0.3) is 0 Å². The molecule has 5 heteroatoms. The van der Waals surface area contributed by atoms with Gasteiger partial charge in [0.15, 0.2) is 0 Å². The van der Waals surface area contributed by atoms with Crippen LogP contribution in [0.3, 0.4) is 0 Å². The predicted molar refractivity (Wildman–Crippen MR) is 104 cm³/mol. The van der Waals surface area contributed by atoms with Gasteiger partial charge in [-0.3, -0.25) is 4.57 Å². The van der Waals surface area contributed by atoms with Gasteiger partial charge in [-0.15, -0.1) is 0 Å². The van der Waals surface area contributed by atoms with Crippen LogP contribution in [0.4, 0.5) is 0 Å². The molecule has 4 nitrogen and oxygen atoms in total. The van der Waals surface area contributed by atoms with Gasteiger partial charge in [-0.2, -0.15) is 0 Å². The monoisotopic (exact) mass is 367 g/mol. The average molecular weight is 367 g/mol. The first kappa shape index (κ1) is 18.6. The third-order valence-electron chi connectivity index (χ3n) is 4.60. The lowest BCUT2D eigenvalue weighted by atomic mass is 9.84. The van der Waals surface area contributed by atoms with E-state index in [4.69, 9.17) is 5.73 Å². The topological polar surface area (TPSA) is 83.6 Å². The van der Waals surface area contributed by atoms with Crippen LogP contribution in [0.1, 0.15) is 28.7 Å². The van der Waals surface area contributed by atoms with Crippen LogP contribution in [0.5, 0.6) is 0 Å². The minimum atomic E-state index is -4.51. The van der Waals surface area contributed by atoms with Crippen LogP contribution >= 0.6 is 7.60 Å². The van der Waals surface area contributed by atoms with E-state index < -0.39 is 25.2 Å². The van der Waals surface area contributed by atoms with Crippen LogP contribution in [-0.2, 0) is 4.57 Å². The van der Waals surface area contributed by atoms with Crippen molar-refractivity contribution in [2.75, 3.05) is 0 Å². The summed E-state index contributed by atoms with van der Waals surface area (Å²) in [4.78, 5) is 20.5. The number of hydrogen-bond donors (Lipinski definition) is 3. The zero-order valence-electron chi connectivity index (χ0n) is 14.2. The molecule has 3 rings (SSSR count). The van der Waals surface area contributed by atoms with Crippen LogP contribution in [0, 0.1) is 0 Å². The smallest absolute Gasteiger partial charge is 0.324 e. The maximum atomic E-state index is 12.5. The summed E-state index contributed by atoms with van der Waals surface area (Å²) in [6.45, 7) is 0. The highest BCUT2D eigenvalue weighted by Gasteiger charge is 2.42. The van der Waals surface area contributed by atoms with Gasteiger partial charge in [-0.25, -0.2) is 0 Å². The molecule has 0 heterocycles. The molecule has 134 valence electrons. The molecule has 0 bridgehead atoms. The fourth-order valence-electron chi connectivity index (χ4n) is 3.39. The van der Waals surface area contributed by atoms with E-state index in [0.29, 0.717) is 5.56 Å². The van der Waals surface area contributed by atoms with Gasteiger partial charge in [-0.05, 0) is 16.7 Å². The average Bonchev–Trinajstić information content (AvgIpc) is 2.66. The molecule has 2 atom stereocenters. The van der Waals surface area contributed by atoms with E-state index >= 15 is 0 Å². The highest BCUT2D eigenvalue weighted by molar-refractivity contribution is 7.52. The van der Waals surface area contributed by atoms with E-state index in [-0.39, 0.29) is 0 Å². The van der Waals surface area contributed by atoms with Crippen LogP contribution in [0.2, 0.25) is 0 Å². The van der Waals surface area contributed by atoms with E-state index in [1.807, 2.05) is 78.9 Å². The lowest BCUT2D eigenvalue weighted by Crippen LogP contribution is -2.32. The van der Waals surface area contributed by atoms with Gasteiger partial charge in [-0.1, -0.05) is 91.0 Å². The van der Waals surface area contributed by atoms with Gasteiger partial charge in [0, 0.05) is 12.0 Å². The minimum Gasteiger partial charge on any atom is -0.324 e. The molecule has 0 aliphatic rings. The summed E-state index contributed by atoms with van der Waals surface area (Å²) in [6.07, 6.45) is 0. The molecule has 0 aromatic heterocycles. The SMILES string of the molecule is NC(c1ccccc1)C(C(c1ccccc1)c1ccccc1)P(=O)(O)O. The molecule has 0 fully saturated rings. The summed E-state index contributed by atoms with van der Waals surface area (Å²) in [5.74, 6) is -0.520. The number of rotatable bonds is 6. The fourth-order valence-corrected chi connectivity index (χ4v) is 4.71. The molecule has 3 aromatic carbocycles. The molecule has 0 aliphatic carbocycles. The van der Waals surface area contributed by atoms with Crippen LogP contribution in [0.25, 0.3) is 0 Å². The Kier molecular flexibility index (Phi) is 5.70. The zero-order chi connectivity index (χ0) is 18.6. The van der Waals surface area contributed by atoms with Crippen molar-refractivity contribution in [2.24, 2.45) is 5.73 Å². The van der Waals surface area contributed by atoms with Crippen LogP contribution in [-0.4, -0.2) is 15.4 Å². The summed E-state index contributed by atoms with van der Waals surface area (Å²) in [6, 6.07) is 27.1. The standard InChI is InChI=1S/C21H22NO3P/c22-20(18-14-8-3-9-15-18)21(26(23,24)25)19(16-10-4-1-5-11-16)17-12-6-2-7-13-17/h1-15,19-21H,22H2,(H2,23,24,25). The molecular weight excluding hydrogens is 345 g/mol. The van der Waals surface area contributed by atoms with Crippen LogP contribution in [0.15, 0.2) is 91.0 Å². The first-order valence-electron chi connectivity index (χ1n) is 8.44. The van der Waals surface area contributed by atoms with Gasteiger partial charge in [0.05, 0.1) is 5.66 Å². The fraction of sp³-hybridized carbons (Fsp3) is 0.143. The Morgan fingerprint density at radius 1 is 0.654 bits per heavy atom. The van der Waals surface area contributed by atoms with E-state index in [2.05, 4.69) is 0 Å². The summed E-state index contributed by atoms with van der Waals surface area (Å²) in [7, 11) is -4.51. The van der Waals surface area contributed by atoms with E-state index in [9.17, 15) is 14.4 Å². The lowest BCUT2D eigenvalue weighted by molar-refractivity contribution is 0.341. The van der Waals surface area contributed by atoms with Crippen molar-refractivity contribution < 1.29 is 14.4 Å². The van der Waals surface area contributed by atoms with Crippen molar-refractivity contribution in [3.05, 3.63) is 108 Å². The summed E-state index contributed by atoms with van der Waals surface area (Å²) in [5.41, 5.74) is 7.70. The van der Waals surface area contributed by atoms with E-state index in [1.165, 1.54) is 0 Å². The molecule has 0 spiro atoms. The van der Waals surface area contributed by atoms with E-state index in [1.54, 1.807) is 12.1 Å². The van der Waals surface area contributed by atoms with Gasteiger partial charge < -0.3 is 15.5 Å². The Bertz CT molecular complexity index is 826. The number of benzene rings is 3. The molecule has 0 saturated heterocycles. The molecular formula is C21H22NO3P. The minimum absolute atomic E-state index is 0.520. The number of hydrogen-bond acceptors (Lipinski definition) is 2. The highest BCUT2D eigenvalue weighted by atomic mass is 31.2. The molecule has 3 aromatic rings. The van der Waals surface area contributed by atoms with Crippen molar-refractivity contribution in [1.29, 1.82) is 0 Å². The third-order valence-corrected chi connectivity index (χ3v) is 6.00. The summed E-state index contributed by atoms with van der Waals surface area (Å²) >= 11 is 0. The molecule has 0 amide bonds. The Balaban J connectivity index is 2.16. The largest absolute Gasteiger partial charge is 0.331 e. The third kappa shape index (κ3) is 4.12. The Morgan fingerprint density at radius 2 is 1.00 bits per heavy atom. The van der Waals surface area contributed by atoms with Crippen molar-refractivity contribution in [3.8, 4) is 0 Å². The number of nitrogens with two attached hydrogens (primary N) is 1. The molecule has 4 N–H and O–H groups in total. The first-order chi connectivity index (χ1) is 12.5. The summed E-state index contributed by atoms with van der Waals surface area (Å²) in [5, 5.41) is 0. The maximum Gasteiger partial charge on any atom is 0.331 e. The first-order valence-corrected chi connectivity index (χ1v) is 10.1. The molecule has 26 heavy (non-hydrogen) atoms. The quantitative estimate of drug-likeness (QED) is 0.574. The van der Waals surface area contributed by atoms with Crippen LogP contribution < -0.4 is 5.73 Å². The van der Waals surface area contributed by atoms with E-state index in [0.717, 1.165) is 11.1 Å². The lowest BCUT2D eigenvalue weighted by Gasteiger charge is -2.33. The van der Waals surface area contributed by atoms with Gasteiger partial charge >= 0.3 is 7.60 Å². The van der Waals surface area contributed by atoms with Gasteiger partial charge in [0.2, 0.25) is 0 Å². The van der Waals surface area contributed by atoms with Crippen molar-refractivity contribution >= 4 is 7.60 Å². The predicted octanol–water partition coefficient (Wildman–Crippen LogP) is 4.06. The zero-order valence-corrected chi connectivity index (χ0v) is 15.1. The van der Waals surface area contributed by atoms with Crippen molar-refractivity contribution in [1.82, 2.24) is 0 Å². The maximum absolute atomic E-state index is 12.5. The highest BCUT2D eigenvalue weighted by Crippen LogP contribution is 2.54. The molecule has 0 aliphatic heterocycles. The molecule has 0 radical (unpaired) electrons. The second-order valence-corrected chi connectivity index (χ2v) is 8.09. The Morgan fingerprint density at radius 3 is 1.35 bits per heavy atom. The second kappa shape index (κ2) is 7.98. The van der Waals surface area contributed by atoms with Gasteiger partial charge in [0.1, 0.15) is 0 Å². The Hall–Kier alpha value is -2.23. The van der Waals surface area contributed by atoms with Crippen molar-refractivity contribution in [2.45, 2.75) is 17.6 Å². The summed E-state index contributed by atoms with van der Waals surface area (Å²) < 4.78 is 12.5.